The van der Waals surface area contributed by atoms with Crippen molar-refractivity contribution in [2.24, 2.45) is 5.92 Å². The summed E-state index contributed by atoms with van der Waals surface area (Å²) >= 11 is 0. The zero-order valence-electron chi connectivity index (χ0n) is 14.6. The van der Waals surface area contributed by atoms with Gasteiger partial charge in [-0.05, 0) is 49.4 Å². The lowest BCUT2D eigenvalue weighted by atomic mass is 9.87. The SMILES string of the molecule is CCCN(CCC)c1ccc(NCCC2CCCCC2)cc1. The summed E-state index contributed by atoms with van der Waals surface area (Å²) in [5.41, 5.74) is 2.63. The highest BCUT2D eigenvalue weighted by Gasteiger charge is 2.12. The summed E-state index contributed by atoms with van der Waals surface area (Å²) < 4.78 is 0. The van der Waals surface area contributed by atoms with Gasteiger partial charge < -0.3 is 10.2 Å². The average molecular weight is 303 g/mol. The minimum Gasteiger partial charge on any atom is -0.385 e. The molecule has 1 aromatic carbocycles. The summed E-state index contributed by atoms with van der Waals surface area (Å²) in [6.07, 6.45) is 11.0. The quantitative estimate of drug-likeness (QED) is 0.630. The van der Waals surface area contributed by atoms with Crippen molar-refractivity contribution in [1.82, 2.24) is 0 Å². The van der Waals surface area contributed by atoms with E-state index < -0.39 is 0 Å². The second-order valence-corrected chi connectivity index (χ2v) is 6.75. The van der Waals surface area contributed by atoms with Crippen molar-refractivity contribution in [2.75, 3.05) is 29.9 Å². The van der Waals surface area contributed by atoms with Crippen LogP contribution in [-0.4, -0.2) is 19.6 Å². The molecule has 2 rings (SSSR count). The fourth-order valence-corrected chi connectivity index (χ4v) is 3.60. The topological polar surface area (TPSA) is 15.3 Å². The number of benzene rings is 1. The average Bonchev–Trinajstić information content (AvgIpc) is 2.56. The number of anilines is 2. The van der Waals surface area contributed by atoms with Gasteiger partial charge in [0.15, 0.2) is 0 Å². The lowest BCUT2D eigenvalue weighted by Crippen LogP contribution is -2.24. The van der Waals surface area contributed by atoms with Gasteiger partial charge in [0, 0.05) is 31.0 Å². The molecule has 0 atom stereocenters. The third-order valence-corrected chi connectivity index (χ3v) is 4.83. The van der Waals surface area contributed by atoms with E-state index in [-0.39, 0.29) is 0 Å². The van der Waals surface area contributed by atoms with Gasteiger partial charge in [-0.3, -0.25) is 0 Å². The van der Waals surface area contributed by atoms with Crippen molar-refractivity contribution >= 4 is 11.4 Å². The largest absolute Gasteiger partial charge is 0.385 e. The molecule has 0 amide bonds. The molecular weight excluding hydrogens is 268 g/mol. The Morgan fingerprint density at radius 3 is 2.18 bits per heavy atom. The number of hydrogen-bond donors (Lipinski definition) is 1. The summed E-state index contributed by atoms with van der Waals surface area (Å²) in [4.78, 5) is 2.49. The van der Waals surface area contributed by atoms with E-state index in [4.69, 9.17) is 0 Å². The third-order valence-electron chi connectivity index (χ3n) is 4.83. The van der Waals surface area contributed by atoms with Gasteiger partial charge in [-0.1, -0.05) is 46.0 Å². The van der Waals surface area contributed by atoms with Gasteiger partial charge in [-0.15, -0.1) is 0 Å². The maximum absolute atomic E-state index is 3.60. The zero-order valence-corrected chi connectivity index (χ0v) is 14.6. The van der Waals surface area contributed by atoms with E-state index in [0.717, 1.165) is 25.6 Å². The van der Waals surface area contributed by atoms with Crippen LogP contribution in [0.2, 0.25) is 0 Å². The summed E-state index contributed by atoms with van der Waals surface area (Å²) in [6, 6.07) is 9.03. The first kappa shape index (κ1) is 17.2. The van der Waals surface area contributed by atoms with E-state index in [1.807, 2.05) is 0 Å². The van der Waals surface area contributed by atoms with E-state index in [9.17, 15) is 0 Å². The Morgan fingerprint density at radius 2 is 1.59 bits per heavy atom. The molecule has 22 heavy (non-hydrogen) atoms. The molecule has 0 bridgehead atoms. The molecule has 1 N–H and O–H groups in total. The Hall–Kier alpha value is -1.18. The van der Waals surface area contributed by atoms with Crippen LogP contribution in [0, 0.1) is 5.92 Å². The third kappa shape index (κ3) is 5.55. The molecule has 0 aromatic heterocycles. The second-order valence-electron chi connectivity index (χ2n) is 6.75. The molecule has 0 spiro atoms. The molecule has 1 saturated carbocycles. The normalized spacial score (nSPS) is 15.7. The molecule has 2 nitrogen and oxygen atoms in total. The van der Waals surface area contributed by atoms with Crippen LogP contribution < -0.4 is 10.2 Å². The molecule has 0 unspecified atom stereocenters. The van der Waals surface area contributed by atoms with Crippen LogP contribution in [0.25, 0.3) is 0 Å². The smallest absolute Gasteiger partial charge is 0.0367 e. The lowest BCUT2D eigenvalue weighted by Gasteiger charge is -2.24. The van der Waals surface area contributed by atoms with Crippen LogP contribution in [-0.2, 0) is 0 Å². The summed E-state index contributed by atoms with van der Waals surface area (Å²) in [7, 11) is 0. The van der Waals surface area contributed by atoms with Crippen LogP contribution in [0.1, 0.15) is 65.2 Å². The van der Waals surface area contributed by atoms with Crippen molar-refractivity contribution in [3.05, 3.63) is 24.3 Å². The number of nitrogens with one attached hydrogen (secondary N) is 1. The monoisotopic (exact) mass is 302 g/mol. The molecule has 1 fully saturated rings. The van der Waals surface area contributed by atoms with Crippen molar-refractivity contribution in [3.8, 4) is 0 Å². The van der Waals surface area contributed by atoms with Gasteiger partial charge in [0.2, 0.25) is 0 Å². The lowest BCUT2D eigenvalue weighted by molar-refractivity contribution is 0.345. The van der Waals surface area contributed by atoms with Crippen LogP contribution in [0.3, 0.4) is 0 Å². The maximum atomic E-state index is 3.60. The number of hydrogen-bond acceptors (Lipinski definition) is 2. The first-order chi connectivity index (χ1) is 10.8. The first-order valence-electron chi connectivity index (χ1n) is 9.42. The zero-order chi connectivity index (χ0) is 15.6. The van der Waals surface area contributed by atoms with E-state index in [0.29, 0.717) is 0 Å². The van der Waals surface area contributed by atoms with Gasteiger partial charge in [0.1, 0.15) is 0 Å². The molecule has 2 heteroatoms. The Balaban J connectivity index is 1.77. The predicted octanol–water partition coefficient (Wildman–Crippen LogP) is 5.70. The van der Waals surface area contributed by atoms with Crippen LogP contribution >= 0.6 is 0 Å². The predicted molar refractivity (Wildman–Crippen MR) is 98.9 cm³/mol. The van der Waals surface area contributed by atoms with E-state index in [2.05, 4.69) is 48.3 Å². The molecule has 0 aliphatic heterocycles. The first-order valence-corrected chi connectivity index (χ1v) is 9.42. The van der Waals surface area contributed by atoms with E-state index >= 15 is 0 Å². The maximum Gasteiger partial charge on any atom is 0.0367 e. The highest BCUT2D eigenvalue weighted by Crippen LogP contribution is 2.26. The Morgan fingerprint density at radius 1 is 0.955 bits per heavy atom. The number of nitrogens with zero attached hydrogens (tertiary/aromatic N) is 1. The molecule has 0 saturated heterocycles. The Labute approximate surface area is 137 Å². The second kappa shape index (κ2) is 9.76. The summed E-state index contributed by atoms with van der Waals surface area (Å²) in [5, 5.41) is 3.60. The highest BCUT2D eigenvalue weighted by molar-refractivity contribution is 5.55. The minimum absolute atomic E-state index is 0.963. The molecule has 0 heterocycles. The highest BCUT2D eigenvalue weighted by atomic mass is 15.1. The molecule has 124 valence electrons. The molecular formula is C20H34N2. The van der Waals surface area contributed by atoms with Gasteiger partial charge in [0.05, 0.1) is 0 Å². The van der Waals surface area contributed by atoms with Gasteiger partial charge in [0.25, 0.3) is 0 Å². The molecule has 1 aliphatic rings. The summed E-state index contributed by atoms with van der Waals surface area (Å²) in [5.74, 6) is 0.963. The number of rotatable bonds is 9. The fraction of sp³-hybridized carbons (Fsp3) is 0.700. The minimum atomic E-state index is 0.963. The van der Waals surface area contributed by atoms with Gasteiger partial charge >= 0.3 is 0 Å². The van der Waals surface area contributed by atoms with E-state index in [1.54, 1.807) is 0 Å². The fourth-order valence-electron chi connectivity index (χ4n) is 3.60. The van der Waals surface area contributed by atoms with E-state index in [1.165, 1.54) is 62.7 Å². The van der Waals surface area contributed by atoms with Crippen LogP contribution in [0.15, 0.2) is 24.3 Å². The Kier molecular flexibility index (Phi) is 7.62. The van der Waals surface area contributed by atoms with Crippen molar-refractivity contribution in [3.63, 3.8) is 0 Å². The molecule has 1 aliphatic carbocycles. The van der Waals surface area contributed by atoms with Crippen LogP contribution in [0.5, 0.6) is 0 Å². The van der Waals surface area contributed by atoms with Crippen molar-refractivity contribution in [1.29, 1.82) is 0 Å². The standard InChI is InChI=1S/C20H34N2/c1-3-16-22(17-4-2)20-12-10-19(11-13-20)21-15-14-18-8-6-5-7-9-18/h10-13,18,21H,3-9,14-17H2,1-2H3. The van der Waals surface area contributed by atoms with Crippen molar-refractivity contribution < 1.29 is 0 Å². The van der Waals surface area contributed by atoms with Crippen molar-refractivity contribution in [2.45, 2.75) is 65.2 Å². The van der Waals surface area contributed by atoms with Crippen LogP contribution in [0.4, 0.5) is 11.4 Å². The van der Waals surface area contributed by atoms with Gasteiger partial charge in [-0.25, -0.2) is 0 Å². The molecule has 1 aromatic rings. The summed E-state index contributed by atoms with van der Waals surface area (Å²) in [6.45, 7) is 7.94. The Bertz CT molecular complexity index is 387. The van der Waals surface area contributed by atoms with Gasteiger partial charge in [-0.2, -0.15) is 0 Å². The molecule has 0 radical (unpaired) electrons.